The molecule has 0 aliphatic heterocycles. The fraction of sp³-hybridized carbons (Fsp3) is 0.238. The van der Waals surface area contributed by atoms with Gasteiger partial charge in [-0.2, -0.15) is 0 Å². The molecule has 2 heteroatoms. The number of rotatable bonds is 4. The first-order valence-electron chi connectivity index (χ1n) is 8.16. The van der Waals surface area contributed by atoms with E-state index in [4.69, 9.17) is 0 Å². The van der Waals surface area contributed by atoms with E-state index in [9.17, 15) is 0 Å². The van der Waals surface area contributed by atoms with Crippen molar-refractivity contribution in [2.24, 2.45) is 0 Å². The van der Waals surface area contributed by atoms with Gasteiger partial charge in [0, 0.05) is 21.4 Å². The van der Waals surface area contributed by atoms with Gasteiger partial charge in [0.05, 0.1) is 0 Å². The molecule has 2 aromatic rings. The first-order valence-corrected chi connectivity index (χ1v) is 9.44. The molecule has 2 aliphatic rings. The van der Waals surface area contributed by atoms with Crippen LogP contribution in [0.2, 0.25) is 11.6 Å². The number of allylic oxidation sites excluding steroid dienone is 2. The molecule has 0 saturated carbocycles. The number of hydrogen-bond donors (Lipinski definition) is 0. The largest absolute Gasteiger partial charge is 1.00 e. The summed E-state index contributed by atoms with van der Waals surface area (Å²) in [6.45, 7) is 2.32. The number of hydrogen-bond acceptors (Lipinski definition) is 0. The zero-order valence-corrected chi connectivity index (χ0v) is 16.9. The monoisotopic (exact) mass is 324 g/mol. The van der Waals surface area contributed by atoms with Gasteiger partial charge in [0.15, 0.2) is 0 Å². The molecule has 0 amide bonds. The summed E-state index contributed by atoms with van der Waals surface area (Å²) in [6, 6.07) is 19.1. The standard InChI is InChI=1S/C21H20Si.Na.H/c1-2-22-21(19-13-11-15-7-3-5-9-17(15)19)20-14-12-16-8-4-6-10-18(16)20;;/h3-14,19-21H,2H2,1H3;;/q;+1;-1. The average molecular weight is 324 g/mol. The van der Waals surface area contributed by atoms with Crippen LogP contribution in [0.4, 0.5) is 0 Å². The van der Waals surface area contributed by atoms with Crippen LogP contribution in [0.25, 0.3) is 12.2 Å². The summed E-state index contributed by atoms with van der Waals surface area (Å²) in [6.07, 6.45) is 9.51. The minimum Gasteiger partial charge on any atom is -1.00 e. The predicted octanol–water partition coefficient (Wildman–Crippen LogP) is 2.66. The summed E-state index contributed by atoms with van der Waals surface area (Å²) < 4.78 is 0. The van der Waals surface area contributed by atoms with Gasteiger partial charge in [-0.05, 0) is 27.8 Å². The van der Waals surface area contributed by atoms with E-state index in [-0.39, 0.29) is 31.0 Å². The Morgan fingerprint density at radius 3 is 1.83 bits per heavy atom. The smallest absolute Gasteiger partial charge is 1.00 e. The van der Waals surface area contributed by atoms with E-state index in [1.54, 1.807) is 0 Å². The third-order valence-electron chi connectivity index (χ3n) is 4.89. The van der Waals surface area contributed by atoms with Crippen LogP contribution in [-0.4, -0.2) is 9.52 Å². The van der Waals surface area contributed by atoms with Crippen molar-refractivity contribution in [2.75, 3.05) is 0 Å². The Morgan fingerprint density at radius 2 is 1.35 bits per heavy atom. The van der Waals surface area contributed by atoms with Crippen molar-refractivity contribution in [1.82, 2.24) is 0 Å². The van der Waals surface area contributed by atoms with Crippen molar-refractivity contribution in [3.05, 3.63) is 82.9 Å². The zero-order valence-electron chi connectivity index (χ0n) is 14.9. The second-order valence-electron chi connectivity index (χ2n) is 6.11. The summed E-state index contributed by atoms with van der Waals surface area (Å²) in [4.78, 5) is 0. The molecular weight excluding hydrogens is 303 g/mol. The van der Waals surface area contributed by atoms with Crippen molar-refractivity contribution in [1.29, 1.82) is 0 Å². The summed E-state index contributed by atoms with van der Waals surface area (Å²) in [5.74, 6) is 1.13. The fourth-order valence-corrected chi connectivity index (χ4v) is 5.45. The molecule has 0 aromatic heterocycles. The van der Waals surface area contributed by atoms with Crippen molar-refractivity contribution in [3.63, 3.8) is 0 Å². The Morgan fingerprint density at radius 1 is 0.870 bits per heavy atom. The molecule has 0 saturated heterocycles. The second-order valence-corrected chi connectivity index (χ2v) is 7.89. The van der Waals surface area contributed by atoms with Crippen LogP contribution in [0.3, 0.4) is 0 Å². The van der Waals surface area contributed by atoms with Crippen LogP contribution in [0.1, 0.15) is 42.4 Å². The Hall–Kier alpha value is -0.863. The molecule has 0 heterocycles. The Balaban J connectivity index is 0.00000104. The fourth-order valence-electron chi connectivity index (χ4n) is 3.89. The SMILES string of the molecule is CC[Si]C(C1C=Cc2ccccc21)C1C=Cc2ccccc21.[H-].[Na+]. The van der Waals surface area contributed by atoms with Gasteiger partial charge in [-0.1, -0.05) is 85.8 Å². The first kappa shape index (κ1) is 17.0. The van der Waals surface area contributed by atoms with Crippen LogP contribution >= 0.6 is 0 Å². The van der Waals surface area contributed by atoms with Crippen LogP contribution in [0.15, 0.2) is 60.7 Å². The van der Waals surface area contributed by atoms with E-state index in [1.165, 1.54) is 28.3 Å². The maximum Gasteiger partial charge on any atom is 1.00 e. The van der Waals surface area contributed by atoms with Gasteiger partial charge in [-0.15, -0.1) is 0 Å². The molecule has 2 unspecified atom stereocenters. The summed E-state index contributed by atoms with van der Waals surface area (Å²) >= 11 is 0. The van der Waals surface area contributed by atoms with Crippen LogP contribution in [0.5, 0.6) is 0 Å². The number of benzene rings is 2. The molecule has 0 bridgehead atoms. The van der Waals surface area contributed by atoms with Gasteiger partial charge in [0.1, 0.15) is 0 Å². The molecular formula is C21H21NaSi. The summed E-state index contributed by atoms with van der Waals surface area (Å²) in [5.41, 5.74) is 6.55. The van der Waals surface area contributed by atoms with Gasteiger partial charge < -0.3 is 1.43 Å². The molecule has 2 radical (unpaired) electrons. The summed E-state index contributed by atoms with van der Waals surface area (Å²) in [7, 11) is 0.995. The molecule has 2 aromatic carbocycles. The van der Waals surface area contributed by atoms with Crippen LogP contribution in [0, 0.1) is 0 Å². The third kappa shape index (κ3) is 3.08. The third-order valence-corrected chi connectivity index (χ3v) is 6.49. The minimum absolute atomic E-state index is 0. The molecule has 0 N–H and O–H groups in total. The molecule has 0 spiro atoms. The second kappa shape index (κ2) is 7.35. The molecule has 23 heavy (non-hydrogen) atoms. The number of fused-ring (bicyclic) bond motifs is 2. The molecule has 0 fully saturated rings. The molecule has 0 nitrogen and oxygen atoms in total. The van der Waals surface area contributed by atoms with Crippen LogP contribution in [-0.2, 0) is 0 Å². The van der Waals surface area contributed by atoms with E-state index < -0.39 is 0 Å². The van der Waals surface area contributed by atoms with E-state index >= 15 is 0 Å². The van der Waals surface area contributed by atoms with E-state index in [1.807, 2.05) is 0 Å². The van der Waals surface area contributed by atoms with Crippen molar-refractivity contribution < 1.29 is 31.0 Å². The van der Waals surface area contributed by atoms with Gasteiger partial charge in [0.25, 0.3) is 0 Å². The maximum atomic E-state index is 2.44. The minimum atomic E-state index is 0. The predicted molar refractivity (Wildman–Crippen MR) is 97.5 cm³/mol. The average Bonchev–Trinajstić information content (AvgIpc) is 3.17. The van der Waals surface area contributed by atoms with E-state index in [0.717, 1.165) is 9.52 Å². The Labute approximate surface area is 165 Å². The Kier molecular flexibility index (Phi) is 5.43. The van der Waals surface area contributed by atoms with Gasteiger partial charge in [-0.25, -0.2) is 0 Å². The van der Waals surface area contributed by atoms with E-state index in [2.05, 4.69) is 79.8 Å². The molecule has 4 rings (SSSR count). The van der Waals surface area contributed by atoms with Gasteiger partial charge in [0.2, 0.25) is 0 Å². The quantitative estimate of drug-likeness (QED) is 0.759. The first-order chi connectivity index (χ1) is 10.9. The van der Waals surface area contributed by atoms with Gasteiger partial charge in [-0.3, -0.25) is 0 Å². The Bertz CT molecular complexity index is 692. The molecule has 2 atom stereocenters. The zero-order chi connectivity index (χ0) is 14.9. The topological polar surface area (TPSA) is 0 Å². The van der Waals surface area contributed by atoms with E-state index in [0.29, 0.717) is 17.4 Å². The van der Waals surface area contributed by atoms with Crippen molar-refractivity contribution >= 4 is 21.7 Å². The van der Waals surface area contributed by atoms with Gasteiger partial charge >= 0.3 is 29.6 Å². The normalized spacial score (nSPS) is 21.6. The van der Waals surface area contributed by atoms with Crippen LogP contribution < -0.4 is 29.6 Å². The van der Waals surface area contributed by atoms with Crippen molar-refractivity contribution in [2.45, 2.75) is 30.3 Å². The summed E-state index contributed by atoms with van der Waals surface area (Å²) in [5, 5.41) is 0. The maximum absolute atomic E-state index is 2.44. The molecule has 2 aliphatic carbocycles. The molecule has 110 valence electrons. The van der Waals surface area contributed by atoms with Crippen molar-refractivity contribution in [3.8, 4) is 0 Å².